The molecule has 0 aromatic rings. The van der Waals surface area contributed by atoms with Gasteiger partial charge in [0.2, 0.25) is 0 Å². The lowest BCUT2D eigenvalue weighted by Gasteiger charge is -2.72. The Morgan fingerprint density at radius 1 is 0.959 bits per heavy atom. The number of nitrogens with zero attached hydrogens (tertiary/aromatic N) is 1. The summed E-state index contributed by atoms with van der Waals surface area (Å²) >= 11 is 0. The Kier molecular flexibility index (Phi) is 9.88. The number of likely N-dealkylation sites (tertiary alicyclic amines) is 1. The van der Waals surface area contributed by atoms with Crippen LogP contribution in [0.15, 0.2) is 48.1 Å². The first-order valence-corrected chi connectivity index (χ1v) is 21.4. The fraction of sp³-hybridized carbons (Fsp3) is 0.786. The third-order valence-electron chi connectivity index (χ3n) is 16.4. The van der Waals surface area contributed by atoms with Crippen LogP contribution in [0, 0.1) is 51.2 Å². The molecular formula is C42H66N2O4S. The molecule has 0 spiro atoms. The second-order valence-electron chi connectivity index (χ2n) is 18.8. The molecule has 0 aromatic carbocycles. The van der Waals surface area contributed by atoms with Gasteiger partial charge in [-0.2, -0.15) is 0 Å². The molecule has 1 aliphatic heterocycles. The number of hydrogen-bond acceptors (Lipinski definition) is 5. The maximum absolute atomic E-state index is 12.1. The summed E-state index contributed by atoms with van der Waals surface area (Å²) in [6, 6.07) is 0. The number of nitrogens with one attached hydrogen (secondary N) is 1. The van der Waals surface area contributed by atoms with Crippen LogP contribution in [-0.2, 0) is 14.6 Å². The topological polar surface area (TPSA) is 86.7 Å². The van der Waals surface area contributed by atoms with Gasteiger partial charge in [0.25, 0.3) is 0 Å². The van der Waals surface area contributed by atoms with Gasteiger partial charge in [-0.1, -0.05) is 71.1 Å². The Morgan fingerprint density at radius 3 is 2.33 bits per heavy atom. The zero-order chi connectivity index (χ0) is 35.6. The minimum atomic E-state index is -2.95. The molecule has 1 saturated heterocycles. The highest BCUT2D eigenvalue weighted by molar-refractivity contribution is 7.91. The van der Waals surface area contributed by atoms with Crippen LogP contribution in [0.25, 0.3) is 0 Å². The van der Waals surface area contributed by atoms with Crippen molar-refractivity contribution in [1.82, 2.24) is 10.2 Å². The molecule has 0 aromatic heterocycles. The van der Waals surface area contributed by atoms with E-state index in [0.29, 0.717) is 40.4 Å². The van der Waals surface area contributed by atoms with Gasteiger partial charge < -0.3 is 15.3 Å². The lowest BCUT2D eigenvalue weighted by molar-refractivity contribution is -0.221. The van der Waals surface area contributed by atoms with E-state index < -0.39 is 15.8 Å². The molecule has 4 saturated carbocycles. The molecule has 274 valence electrons. The predicted octanol–water partition coefficient (Wildman–Crippen LogP) is 8.23. The molecule has 6 nitrogen and oxygen atoms in total. The molecular weight excluding hydrogens is 629 g/mol. The highest BCUT2D eigenvalue weighted by Crippen LogP contribution is 2.76. The number of rotatable bonds is 9. The number of carbonyl (C=O) groups is 1. The summed E-state index contributed by atoms with van der Waals surface area (Å²) in [6.45, 7) is 23.6. The molecule has 7 heteroatoms. The second-order valence-corrected chi connectivity index (χ2v) is 21.1. The minimum Gasteiger partial charge on any atom is -0.478 e. The summed E-state index contributed by atoms with van der Waals surface area (Å²) in [6.07, 6.45) is 23.7. The molecule has 5 aliphatic carbocycles. The van der Waals surface area contributed by atoms with Gasteiger partial charge in [0, 0.05) is 31.0 Å². The van der Waals surface area contributed by atoms with E-state index in [2.05, 4.69) is 70.5 Å². The van der Waals surface area contributed by atoms with Gasteiger partial charge in [0.15, 0.2) is 0 Å². The van der Waals surface area contributed by atoms with E-state index in [0.717, 1.165) is 45.4 Å². The number of aliphatic carboxylic acids is 1. The van der Waals surface area contributed by atoms with Crippen molar-refractivity contribution in [2.45, 2.75) is 123 Å². The molecule has 6 aliphatic rings. The zero-order valence-electron chi connectivity index (χ0n) is 31.7. The van der Waals surface area contributed by atoms with E-state index in [1.165, 1.54) is 74.8 Å². The van der Waals surface area contributed by atoms with Crippen molar-refractivity contribution < 1.29 is 18.3 Å². The van der Waals surface area contributed by atoms with Crippen molar-refractivity contribution in [3.63, 3.8) is 0 Å². The number of carboxylic acids is 1. The Morgan fingerprint density at radius 2 is 1.67 bits per heavy atom. The largest absolute Gasteiger partial charge is 0.478 e. The average molecular weight is 695 g/mol. The maximum Gasteiger partial charge on any atom is 0.328 e. The summed E-state index contributed by atoms with van der Waals surface area (Å²) < 4.78 is 24.2. The van der Waals surface area contributed by atoms with Crippen molar-refractivity contribution in [2.24, 2.45) is 51.2 Å². The van der Waals surface area contributed by atoms with Gasteiger partial charge in [-0.15, -0.1) is 0 Å². The van der Waals surface area contributed by atoms with Crippen LogP contribution in [0.1, 0.15) is 112 Å². The lowest BCUT2D eigenvalue weighted by Crippen LogP contribution is -2.68. The molecule has 1 heterocycles. The average Bonchev–Trinajstić information content (AvgIpc) is 3.40. The summed E-state index contributed by atoms with van der Waals surface area (Å²) in [5.74, 6) is 2.28. The number of piperidine rings is 1. The molecule has 0 bridgehead atoms. The molecule has 9 atom stereocenters. The van der Waals surface area contributed by atoms with Crippen LogP contribution in [0.4, 0.5) is 0 Å². The molecule has 0 radical (unpaired) electrons. The standard InChI is InChI=1S/C42H66N2O4S/c1-29(2)32-16-22-42(43-25-28-44-26-18-31(19-27-44)49(8,47)48)24-23-40(6)33(37(32)42)13-14-35-39(5)20-15-30(11-9-10-12-36(45)46)38(3,4)34(39)17-21-41(35,40)7/h9-12,15,31-35,37,43H,1,13-14,16-28H2,2-8H3,(H,45,46)/b11-9+,12-10+/t32-,33+,34-,35+,37+,39-,40+,41+,42-/m0/s1. The number of hydrogen-bond donors (Lipinski definition) is 2. The van der Waals surface area contributed by atoms with E-state index in [4.69, 9.17) is 5.11 Å². The zero-order valence-corrected chi connectivity index (χ0v) is 32.5. The highest BCUT2D eigenvalue weighted by Gasteiger charge is 2.70. The van der Waals surface area contributed by atoms with Crippen LogP contribution >= 0.6 is 0 Å². The van der Waals surface area contributed by atoms with E-state index >= 15 is 0 Å². The number of fused-ring (bicyclic) bond motifs is 7. The van der Waals surface area contributed by atoms with Crippen molar-refractivity contribution in [3.05, 3.63) is 48.1 Å². The van der Waals surface area contributed by atoms with Crippen molar-refractivity contribution in [3.8, 4) is 0 Å². The maximum atomic E-state index is 12.1. The van der Waals surface area contributed by atoms with E-state index in [1.807, 2.05) is 6.08 Å². The van der Waals surface area contributed by atoms with E-state index in [1.54, 1.807) is 6.08 Å². The van der Waals surface area contributed by atoms with Gasteiger partial charge in [-0.05, 0) is 147 Å². The van der Waals surface area contributed by atoms with E-state index in [-0.39, 0.29) is 21.6 Å². The number of allylic oxidation sites excluding steroid dienone is 6. The smallest absolute Gasteiger partial charge is 0.328 e. The molecule has 6 rings (SSSR count). The first kappa shape index (κ1) is 37.1. The van der Waals surface area contributed by atoms with Crippen molar-refractivity contribution in [1.29, 1.82) is 0 Å². The van der Waals surface area contributed by atoms with Crippen LogP contribution in [0.3, 0.4) is 0 Å². The summed E-state index contributed by atoms with van der Waals surface area (Å²) in [5.41, 5.74) is 3.79. The highest BCUT2D eigenvalue weighted by atomic mass is 32.2. The van der Waals surface area contributed by atoms with Crippen LogP contribution in [0.2, 0.25) is 0 Å². The Labute approximate surface area is 298 Å². The molecule has 0 unspecified atom stereocenters. The first-order valence-electron chi connectivity index (χ1n) is 19.5. The Balaban J connectivity index is 1.21. The number of carboxylic acid groups (broad SMARTS) is 1. The van der Waals surface area contributed by atoms with Gasteiger partial charge >= 0.3 is 5.97 Å². The minimum absolute atomic E-state index is 0.0435. The fourth-order valence-corrected chi connectivity index (χ4v) is 14.8. The lowest BCUT2D eigenvalue weighted by atomic mass is 9.33. The van der Waals surface area contributed by atoms with Crippen LogP contribution in [-0.4, -0.2) is 67.6 Å². The summed E-state index contributed by atoms with van der Waals surface area (Å²) in [5, 5.41) is 13.1. The second kappa shape index (κ2) is 13.1. The van der Waals surface area contributed by atoms with Crippen molar-refractivity contribution >= 4 is 15.8 Å². The molecule has 49 heavy (non-hydrogen) atoms. The van der Waals surface area contributed by atoms with Crippen LogP contribution in [0.5, 0.6) is 0 Å². The SMILES string of the molecule is C=C(C)[C@@H]1CC[C@]2(NCCN3CCC(S(C)(=O)=O)CC3)CC[C@]3(C)[C@H](CC[C@@H]4[C@@]5(C)CC=C(/C=C/C=C/C(=O)O)C(C)(C)[C@@H]5CC[C@]43C)[C@@H]12. The van der Waals surface area contributed by atoms with Crippen molar-refractivity contribution in [2.75, 3.05) is 32.4 Å². The number of sulfone groups is 1. The van der Waals surface area contributed by atoms with E-state index in [9.17, 15) is 13.2 Å². The molecule has 5 fully saturated rings. The Bertz CT molecular complexity index is 1500. The fourth-order valence-electron chi connectivity index (χ4n) is 13.7. The molecule has 2 N–H and O–H groups in total. The Hall–Kier alpha value is -1.70. The van der Waals surface area contributed by atoms with Gasteiger partial charge in [0.05, 0.1) is 5.25 Å². The van der Waals surface area contributed by atoms with Gasteiger partial charge in [0.1, 0.15) is 9.84 Å². The quantitative estimate of drug-likeness (QED) is 0.144. The predicted molar refractivity (Wildman–Crippen MR) is 201 cm³/mol. The first-order chi connectivity index (χ1) is 22.9. The third-order valence-corrected chi connectivity index (χ3v) is 18.1. The monoisotopic (exact) mass is 694 g/mol. The normalized spacial score (nSPS) is 42.7. The third kappa shape index (κ3) is 6.18. The summed E-state index contributed by atoms with van der Waals surface area (Å²) in [7, 11) is -2.95. The van der Waals surface area contributed by atoms with Gasteiger partial charge in [-0.3, -0.25) is 0 Å². The van der Waals surface area contributed by atoms with Crippen LogP contribution < -0.4 is 5.32 Å². The van der Waals surface area contributed by atoms with Gasteiger partial charge in [-0.25, -0.2) is 13.2 Å². The molecule has 0 amide bonds. The summed E-state index contributed by atoms with van der Waals surface area (Å²) in [4.78, 5) is 13.5.